The van der Waals surface area contributed by atoms with Gasteiger partial charge in [-0.2, -0.15) is 57.5 Å². The molecule has 0 saturated heterocycles. The molecular weight excluding hydrogens is 732 g/mol. The van der Waals surface area contributed by atoms with Crippen LogP contribution in [0, 0.1) is 37.2 Å². The number of nitrogens with one attached hydrogen (secondary N) is 4. The van der Waals surface area contributed by atoms with Crippen LogP contribution in [0.2, 0.25) is 0 Å². The van der Waals surface area contributed by atoms with Crippen molar-refractivity contribution in [3.63, 3.8) is 0 Å². The minimum Gasteiger partial charge on any atom is -0.796 e. The molecular formula is C25H27N7O2S2U. The van der Waals surface area contributed by atoms with Crippen LogP contribution in [-0.2, 0) is 12.6 Å². The second kappa shape index (κ2) is 17.0. The first-order valence-corrected chi connectivity index (χ1v) is 12.4. The maximum atomic E-state index is 5.57. The molecule has 1 aromatic heterocycles. The van der Waals surface area contributed by atoms with Crippen LogP contribution in [-0.4, -0.2) is 40.6 Å². The summed E-state index contributed by atoms with van der Waals surface area (Å²) in [6.45, 7) is 0.548. The van der Waals surface area contributed by atoms with E-state index in [1.807, 2.05) is 72.8 Å². The molecule has 4 rings (SSSR count). The molecule has 12 heteroatoms. The zero-order chi connectivity index (χ0) is 25.6. The molecule has 0 aliphatic carbocycles. The molecule has 3 aromatic carbocycles. The van der Waals surface area contributed by atoms with Crippen LogP contribution in [0.25, 0.3) is 0 Å². The summed E-state index contributed by atoms with van der Waals surface area (Å²) in [5.74, 6) is 3.25. The third-order valence-corrected chi connectivity index (χ3v) is 4.59. The van der Waals surface area contributed by atoms with Gasteiger partial charge in [0.2, 0.25) is 17.8 Å². The number of ether oxygens (including phenoxy) is 1. The SMILES string of the molecule is CNOc1ccc(Nc2nc(Nc3cc[c-]cc3)nc(Nc3ccc(OCCS)cc3)n2)cc1.C[S-].[U+2]. The van der Waals surface area contributed by atoms with Crippen LogP contribution < -0.4 is 31.0 Å². The predicted molar refractivity (Wildman–Crippen MR) is 150 cm³/mol. The Morgan fingerprint density at radius 3 is 1.59 bits per heavy atom. The molecule has 0 bridgehead atoms. The summed E-state index contributed by atoms with van der Waals surface area (Å²) in [6.07, 6.45) is 1.58. The number of anilines is 6. The third-order valence-electron chi connectivity index (χ3n) is 4.41. The van der Waals surface area contributed by atoms with E-state index >= 15 is 0 Å². The zero-order valence-electron chi connectivity index (χ0n) is 20.4. The van der Waals surface area contributed by atoms with E-state index in [1.165, 1.54) is 0 Å². The molecule has 0 amide bonds. The van der Waals surface area contributed by atoms with Gasteiger partial charge in [-0.3, -0.25) is 0 Å². The summed E-state index contributed by atoms with van der Waals surface area (Å²) in [7, 11) is 1.70. The number of aromatic nitrogens is 3. The fourth-order valence-corrected chi connectivity index (χ4v) is 3.01. The van der Waals surface area contributed by atoms with E-state index in [1.54, 1.807) is 13.3 Å². The van der Waals surface area contributed by atoms with Gasteiger partial charge in [-0.1, -0.05) is 5.69 Å². The van der Waals surface area contributed by atoms with Crippen molar-refractivity contribution in [1.82, 2.24) is 20.4 Å². The van der Waals surface area contributed by atoms with Gasteiger partial charge < -0.3 is 38.2 Å². The summed E-state index contributed by atoms with van der Waals surface area (Å²) < 4.78 is 5.57. The second-order valence-electron chi connectivity index (χ2n) is 6.90. The molecule has 0 aliphatic rings. The van der Waals surface area contributed by atoms with Gasteiger partial charge >= 0.3 is 31.1 Å². The Labute approximate surface area is 251 Å². The van der Waals surface area contributed by atoms with E-state index in [4.69, 9.17) is 9.57 Å². The number of hydrogen-bond acceptors (Lipinski definition) is 11. The molecule has 4 N–H and O–H groups in total. The maximum absolute atomic E-state index is 5.57. The molecule has 37 heavy (non-hydrogen) atoms. The van der Waals surface area contributed by atoms with Crippen molar-refractivity contribution in [3.8, 4) is 11.5 Å². The standard InChI is InChI=1S/C24H24N7O2S.CH4S.U/c1-25-33-21-13-9-19(10-14-21)28-24-30-22(26-17-5-3-2-4-6-17)29-23(31-24)27-18-7-11-20(12-8-18)32-15-16-34;1-2;/h3-14,25,34H,15-16H2,1H3,(H3,26,27,28,29,30,31);2H,1H3;/q-1;;+2/p-1. The molecule has 0 aliphatic heterocycles. The van der Waals surface area contributed by atoms with Gasteiger partial charge in [0.05, 0.1) is 6.61 Å². The summed E-state index contributed by atoms with van der Waals surface area (Å²) in [6, 6.07) is 25.3. The molecule has 9 nitrogen and oxygen atoms in total. The normalized spacial score (nSPS) is 9.73. The van der Waals surface area contributed by atoms with Crippen molar-refractivity contribution >= 4 is 60.2 Å². The predicted octanol–water partition coefficient (Wildman–Crippen LogP) is 4.89. The Morgan fingerprint density at radius 2 is 1.16 bits per heavy atom. The Kier molecular flexibility index (Phi) is 14.1. The van der Waals surface area contributed by atoms with Gasteiger partial charge in [-0.15, -0.1) is 12.1 Å². The molecule has 0 spiro atoms. The number of rotatable bonds is 11. The van der Waals surface area contributed by atoms with E-state index in [0.29, 0.717) is 36.0 Å². The summed E-state index contributed by atoms with van der Waals surface area (Å²) >= 11 is 8.24. The number of nitrogens with zero attached hydrogens (tertiary/aromatic N) is 3. The molecule has 1 heterocycles. The van der Waals surface area contributed by atoms with E-state index in [0.717, 1.165) is 22.8 Å². The van der Waals surface area contributed by atoms with Crippen molar-refractivity contribution in [2.24, 2.45) is 0 Å². The van der Waals surface area contributed by atoms with E-state index < -0.39 is 0 Å². The number of hydroxylamine groups is 1. The maximum Gasteiger partial charge on any atom is 2.00 e. The zero-order valence-corrected chi connectivity index (χ0v) is 26.2. The Morgan fingerprint density at radius 1 is 0.730 bits per heavy atom. The fourth-order valence-electron chi connectivity index (χ4n) is 2.92. The van der Waals surface area contributed by atoms with E-state index in [-0.39, 0.29) is 31.1 Å². The van der Waals surface area contributed by atoms with Gasteiger partial charge in [0, 0.05) is 24.2 Å². The molecule has 4 aromatic rings. The van der Waals surface area contributed by atoms with Crippen LogP contribution in [0.5, 0.6) is 11.5 Å². The van der Waals surface area contributed by atoms with Crippen molar-refractivity contribution in [3.05, 3.63) is 78.9 Å². The largest absolute Gasteiger partial charge is 2.00 e. The first-order valence-electron chi connectivity index (χ1n) is 10.9. The van der Waals surface area contributed by atoms with Gasteiger partial charge in [0.1, 0.15) is 11.5 Å². The van der Waals surface area contributed by atoms with Crippen molar-refractivity contribution in [2.75, 3.05) is 41.6 Å². The fraction of sp³-hybridized carbons (Fsp3) is 0.160. The topological polar surface area (TPSA) is 105 Å². The average molecular weight is 760 g/mol. The van der Waals surface area contributed by atoms with Crippen molar-refractivity contribution < 1.29 is 40.7 Å². The smallest absolute Gasteiger partial charge is 0.796 e. The van der Waals surface area contributed by atoms with Crippen LogP contribution in [0.4, 0.5) is 34.9 Å². The second-order valence-corrected chi connectivity index (χ2v) is 7.34. The molecule has 0 atom stereocenters. The molecule has 0 unspecified atom stereocenters. The number of thiol groups is 1. The molecule has 0 radical (unpaired) electrons. The Balaban J connectivity index is 0.00000157. The van der Waals surface area contributed by atoms with E-state index in [9.17, 15) is 0 Å². The molecule has 0 fully saturated rings. The quantitative estimate of drug-likeness (QED) is 0.0629. The Bertz CT molecular complexity index is 1190. The summed E-state index contributed by atoms with van der Waals surface area (Å²) in [5.41, 5.74) is 5.09. The third kappa shape index (κ3) is 10.3. The first kappa shape index (κ1) is 30.6. The van der Waals surface area contributed by atoms with Gasteiger partial charge in [0.25, 0.3) is 0 Å². The van der Waals surface area contributed by atoms with Gasteiger partial charge in [-0.05, 0) is 48.5 Å². The first-order chi connectivity index (χ1) is 17.7. The van der Waals surface area contributed by atoms with Crippen LogP contribution in [0.1, 0.15) is 0 Å². The van der Waals surface area contributed by atoms with Crippen LogP contribution >= 0.6 is 12.6 Å². The van der Waals surface area contributed by atoms with Gasteiger partial charge in [-0.25, -0.2) is 0 Å². The summed E-state index contributed by atoms with van der Waals surface area (Å²) in [5, 5.41) is 9.62. The number of hydrogen-bond donors (Lipinski definition) is 5. The number of benzene rings is 3. The Hall–Kier alpha value is -2.62. The minimum absolute atomic E-state index is 0. The van der Waals surface area contributed by atoms with Crippen molar-refractivity contribution in [1.29, 1.82) is 0 Å². The average Bonchev–Trinajstić information content (AvgIpc) is 2.91. The van der Waals surface area contributed by atoms with Crippen LogP contribution in [0.15, 0.2) is 72.8 Å². The minimum atomic E-state index is 0. The molecule has 190 valence electrons. The van der Waals surface area contributed by atoms with Gasteiger partial charge in [0.15, 0.2) is 0 Å². The monoisotopic (exact) mass is 759 g/mol. The molecule has 0 saturated carbocycles. The summed E-state index contributed by atoms with van der Waals surface area (Å²) in [4.78, 5) is 18.8. The van der Waals surface area contributed by atoms with Crippen LogP contribution in [0.3, 0.4) is 0 Å². The van der Waals surface area contributed by atoms with Crippen molar-refractivity contribution in [2.45, 2.75) is 0 Å². The van der Waals surface area contributed by atoms with E-state index in [2.05, 4.69) is 67.7 Å².